The highest BCUT2D eigenvalue weighted by Crippen LogP contribution is 2.12. The van der Waals surface area contributed by atoms with Crippen molar-refractivity contribution < 1.29 is 13.2 Å². The van der Waals surface area contributed by atoms with E-state index < -0.39 is 15.9 Å². The smallest absolute Gasteiger partial charge is 0.241 e. The second kappa shape index (κ2) is 6.12. The third kappa shape index (κ3) is 4.29. The maximum Gasteiger partial charge on any atom is 0.241 e. The quantitative estimate of drug-likeness (QED) is 0.833. The Hall–Kier alpha value is -1.47. The molecule has 1 heterocycles. The van der Waals surface area contributed by atoms with Crippen LogP contribution in [-0.2, 0) is 14.6 Å². The first-order valence-electron chi connectivity index (χ1n) is 5.98. The van der Waals surface area contributed by atoms with Crippen molar-refractivity contribution in [2.45, 2.75) is 31.3 Å². The molecule has 0 aliphatic carbocycles. The molecule has 1 amide bonds. The number of nitrogens with two attached hydrogens (primary N) is 1. The number of hydrogen-bond acceptors (Lipinski definition) is 5. The molecule has 0 aliphatic heterocycles. The third-order valence-electron chi connectivity index (χ3n) is 2.94. The predicted octanol–water partition coefficient (Wildman–Crippen LogP) is 0.797. The molecule has 3 N–H and O–H groups in total. The van der Waals surface area contributed by atoms with Gasteiger partial charge in [0, 0.05) is 6.26 Å². The zero-order valence-corrected chi connectivity index (χ0v) is 12.1. The van der Waals surface area contributed by atoms with Gasteiger partial charge in [-0.05, 0) is 18.1 Å². The highest BCUT2D eigenvalue weighted by atomic mass is 32.2. The molecule has 1 rings (SSSR count). The van der Waals surface area contributed by atoms with Gasteiger partial charge in [0.1, 0.15) is 0 Å². The molecule has 0 aromatic carbocycles. The second-order valence-electron chi connectivity index (χ2n) is 4.56. The summed E-state index contributed by atoms with van der Waals surface area (Å²) in [5.41, 5.74) is 6.22. The molecule has 0 saturated carbocycles. The molecular formula is C12H19N3O3S. The van der Waals surface area contributed by atoms with Gasteiger partial charge in [0.2, 0.25) is 5.91 Å². The lowest BCUT2D eigenvalue weighted by Gasteiger charge is -2.17. The molecule has 0 bridgehead atoms. The molecule has 0 fully saturated rings. The van der Waals surface area contributed by atoms with E-state index in [-0.39, 0.29) is 16.9 Å². The van der Waals surface area contributed by atoms with E-state index in [1.165, 1.54) is 18.3 Å². The third-order valence-corrected chi connectivity index (χ3v) is 3.94. The van der Waals surface area contributed by atoms with Gasteiger partial charge in [-0.1, -0.05) is 20.3 Å². The Labute approximate surface area is 113 Å². The minimum atomic E-state index is -3.33. The molecular weight excluding hydrogens is 266 g/mol. The first-order chi connectivity index (χ1) is 8.75. The maximum atomic E-state index is 11.8. The average molecular weight is 285 g/mol. The largest absolute Gasteiger partial charge is 0.323 e. The summed E-state index contributed by atoms with van der Waals surface area (Å²) < 4.78 is 22.5. The SMILES string of the molecule is CCC(C)C(N)C(=O)Nc1ccc(S(C)(=O)=O)nc1. The predicted molar refractivity (Wildman–Crippen MR) is 73.4 cm³/mol. The van der Waals surface area contributed by atoms with Crippen LogP contribution in [0.1, 0.15) is 20.3 Å². The van der Waals surface area contributed by atoms with Gasteiger partial charge in [-0.3, -0.25) is 4.79 Å². The minimum absolute atomic E-state index is 0.0308. The lowest BCUT2D eigenvalue weighted by Crippen LogP contribution is -2.40. The van der Waals surface area contributed by atoms with Gasteiger partial charge < -0.3 is 11.1 Å². The highest BCUT2D eigenvalue weighted by molar-refractivity contribution is 7.90. The number of amides is 1. The van der Waals surface area contributed by atoms with Gasteiger partial charge in [-0.15, -0.1) is 0 Å². The zero-order chi connectivity index (χ0) is 14.6. The van der Waals surface area contributed by atoms with Crippen LogP contribution in [0.25, 0.3) is 0 Å². The van der Waals surface area contributed by atoms with E-state index in [0.717, 1.165) is 12.7 Å². The Kier molecular flexibility index (Phi) is 5.02. The topological polar surface area (TPSA) is 102 Å². The van der Waals surface area contributed by atoms with Crippen molar-refractivity contribution in [2.24, 2.45) is 11.7 Å². The van der Waals surface area contributed by atoms with E-state index in [2.05, 4.69) is 10.3 Å². The summed E-state index contributed by atoms with van der Waals surface area (Å²) in [6.45, 7) is 3.86. The maximum absolute atomic E-state index is 11.8. The van der Waals surface area contributed by atoms with E-state index in [1.807, 2.05) is 13.8 Å². The van der Waals surface area contributed by atoms with Crippen LogP contribution in [-0.4, -0.2) is 31.6 Å². The Morgan fingerprint density at radius 2 is 2.11 bits per heavy atom. The number of nitrogens with zero attached hydrogens (tertiary/aromatic N) is 1. The van der Waals surface area contributed by atoms with Crippen molar-refractivity contribution in [2.75, 3.05) is 11.6 Å². The molecule has 6 nitrogen and oxygen atoms in total. The van der Waals surface area contributed by atoms with E-state index in [9.17, 15) is 13.2 Å². The lowest BCUT2D eigenvalue weighted by atomic mass is 9.99. The Morgan fingerprint density at radius 1 is 1.47 bits per heavy atom. The first kappa shape index (κ1) is 15.6. The summed E-state index contributed by atoms with van der Waals surface area (Å²) in [7, 11) is -3.33. The normalized spacial score (nSPS) is 14.7. The fourth-order valence-corrected chi connectivity index (χ4v) is 1.97. The van der Waals surface area contributed by atoms with Crippen LogP contribution in [0.5, 0.6) is 0 Å². The summed E-state index contributed by atoms with van der Waals surface area (Å²) in [5, 5.41) is 2.58. The van der Waals surface area contributed by atoms with Crippen molar-refractivity contribution in [3.63, 3.8) is 0 Å². The highest BCUT2D eigenvalue weighted by Gasteiger charge is 2.19. The van der Waals surface area contributed by atoms with Crippen molar-refractivity contribution in [3.8, 4) is 0 Å². The van der Waals surface area contributed by atoms with Crippen LogP contribution in [0.2, 0.25) is 0 Å². The summed E-state index contributed by atoms with van der Waals surface area (Å²) in [5.74, 6) is -0.230. The Bertz CT molecular complexity index is 540. The average Bonchev–Trinajstić information content (AvgIpc) is 2.36. The van der Waals surface area contributed by atoms with Gasteiger partial charge in [-0.2, -0.15) is 0 Å². The number of anilines is 1. The Balaban J connectivity index is 2.76. The van der Waals surface area contributed by atoms with E-state index >= 15 is 0 Å². The molecule has 1 aromatic heterocycles. The fraction of sp³-hybridized carbons (Fsp3) is 0.500. The molecule has 0 spiro atoms. The molecule has 1 aromatic rings. The summed E-state index contributed by atoms with van der Waals surface area (Å²) in [4.78, 5) is 15.6. The number of rotatable bonds is 5. The molecule has 19 heavy (non-hydrogen) atoms. The van der Waals surface area contributed by atoms with Crippen molar-refractivity contribution in [1.82, 2.24) is 4.98 Å². The van der Waals surface area contributed by atoms with Crippen LogP contribution in [0.3, 0.4) is 0 Å². The van der Waals surface area contributed by atoms with Gasteiger partial charge in [-0.25, -0.2) is 13.4 Å². The summed E-state index contributed by atoms with van der Waals surface area (Å²) in [6, 6.07) is 2.24. The van der Waals surface area contributed by atoms with Gasteiger partial charge in [0.15, 0.2) is 14.9 Å². The first-order valence-corrected chi connectivity index (χ1v) is 7.87. The Morgan fingerprint density at radius 3 is 2.53 bits per heavy atom. The monoisotopic (exact) mass is 285 g/mol. The number of hydrogen-bond donors (Lipinski definition) is 2. The molecule has 0 aliphatic rings. The number of sulfone groups is 1. The molecule has 0 radical (unpaired) electrons. The number of pyridine rings is 1. The molecule has 2 atom stereocenters. The van der Waals surface area contributed by atoms with Crippen molar-refractivity contribution in [3.05, 3.63) is 18.3 Å². The minimum Gasteiger partial charge on any atom is -0.323 e. The number of carbonyl (C=O) groups excluding carboxylic acids is 1. The van der Waals surface area contributed by atoms with Crippen LogP contribution >= 0.6 is 0 Å². The van der Waals surface area contributed by atoms with Gasteiger partial charge >= 0.3 is 0 Å². The number of aromatic nitrogens is 1. The summed E-state index contributed by atoms with van der Waals surface area (Å²) in [6.07, 6.45) is 3.18. The molecule has 106 valence electrons. The number of nitrogens with one attached hydrogen (secondary N) is 1. The van der Waals surface area contributed by atoms with E-state index in [1.54, 1.807) is 0 Å². The van der Waals surface area contributed by atoms with Crippen LogP contribution in [0.4, 0.5) is 5.69 Å². The fourth-order valence-electron chi connectivity index (χ4n) is 1.41. The van der Waals surface area contributed by atoms with Crippen LogP contribution in [0.15, 0.2) is 23.4 Å². The van der Waals surface area contributed by atoms with Crippen LogP contribution in [0, 0.1) is 5.92 Å². The molecule has 2 unspecified atom stereocenters. The molecule has 7 heteroatoms. The summed E-state index contributed by atoms with van der Waals surface area (Å²) >= 11 is 0. The van der Waals surface area contributed by atoms with Crippen LogP contribution < -0.4 is 11.1 Å². The standard InChI is InChI=1S/C12H19N3O3S/c1-4-8(2)11(13)12(16)15-9-5-6-10(14-7-9)19(3,17)18/h5-8,11H,4,13H2,1-3H3,(H,15,16). The molecule has 0 saturated heterocycles. The van der Waals surface area contributed by atoms with E-state index in [4.69, 9.17) is 5.73 Å². The van der Waals surface area contributed by atoms with E-state index in [0.29, 0.717) is 5.69 Å². The van der Waals surface area contributed by atoms with Crippen molar-refractivity contribution in [1.29, 1.82) is 0 Å². The second-order valence-corrected chi connectivity index (χ2v) is 6.52. The van der Waals surface area contributed by atoms with Gasteiger partial charge in [0.05, 0.1) is 17.9 Å². The zero-order valence-electron chi connectivity index (χ0n) is 11.3. The number of carbonyl (C=O) groups is 1. The van der Waals surface area contributed by atoms with Gasteiger partial charge in [0.25, 0.3) is 0 Å². The van der Waals surface area contributed by atoms with Crippen molar-refractivity contribution >= 4 is 21.4 Å². The lowest BCUT2D eigenvalue weighted by molar-refractivity contribution is -0.118.